The van der Waals surface area contributed by atoms with E-state index in [1.54, 1.807) is 29.9 Å². The molecule has 0 saturated carbocycles. The van der Waals surface area contributed by atoms with Crippen LogP contribution >= 0.6 is 0 Å². The van der Waals surface area contributed by atoms with Gasteiger partial charge >= 0.3 is 5.97 Å². The largest absolute Gasteiger partial charge is 0.464 e. The fourth-order valence-electron chi connectivity index (χ4n) is 1.69. The third-order valence-electron chi connectivity index (χ3n) is 2.60. The summed E-state index contributed by atoms with van der Waals surface area (Å²) < 4.78 is 6.46. The van der Waals surface area contributed by atoms with Crippen molar-refractivity contribution in [3.63, 3.8) is 0 Å². The Morgan fingerprint density at radius 1 is 1.59 bits per heavy atom. The number of ether oxygens (including phenoxy) is 1. The highest BCUT2D eigenvalue weighted by Gasteiger charge is 2.19. The van der Waals surface area contributed by atoms with Gasteiger partial charge in [0.15, 0.2) is 6.10 Å². The Kier molecular flexibility index (Phi) is 3.10. The second-order valence-corrected chi connectivity index (χ2v) is 3.74. The summed E-state index contributed by atoms with van der Waals surface area (Å²) in [6.45, 7) is 1.96. The van der Waals surface area contributed by atoms with Gasteiger partial charge in [0.05, 0.1) is 18.3 Å². The van der Waals surface area contributed by atoms with Crippen LogP contribution in [0.3, 0.4) is 0 Å². The molecule has 90 valence electrons. The van der Waals surface area contributed by atoms with E-state index in [0.717, 1.165) is 10.9 Å². The van der Waals surface area contributed by atoms with Crippen molar-refractivity contribution < 1.29 is 14.6 Å². The second kappa shape index (κ2) is 4.55. The first-order valence-electron chi connectivity index (χ1n) is 5.40. The molecule has 1 atom stereocenters. The number of aromatic nitrogens is 2. The van der Waals surface area contributed by atoms with Crippen molar-refractivity contribution in [3.05, 3.63) is 30.0 Å². The van der Waals surface area contributed by atoms with Crippen LogP contribution in [-0.4, -0.2) is 27.5 Å². The Labute approximate surface area is 98.6 Å². The third-order valence-corrected chi connectivity index (χ3v) is 2.60. The Balaban J connectivity index is 2.35. The number of nitrogens with zero attached hydrogens (tertiary/aromatic N) is 2. The molecule has 2 rings (SSSR count). The summed E-state index contributed by atoms with van der Waals surface area (Å²) in [7, 11) is 1.81. The average Bonchev–Trinajstić information content (AvgIpc) is 2.70. The van der Waals surface area contributed by atoms with Gasteiger partial charge in [0.2, 0.25) is 0 Å². The number of benzene rings is 1. The number of hydrogen-bond acceptors (Lipinski definition) is 4. The number of carbonyl (C=O) groups is 1. The molecule has 0 aliphatic carbocycles. The van der Waals surface area contributed by atoms with Crippen LogP contribution in [0, 0.1) is 0 Å². The van der Waals surface area contributed by atoms with Crippen LogP contribution in [0.5, 0.6) is 0 Å². The van der Waals surface area contributed by atoms with Crippen LogP contribution in [0.4, 0.5) is 0 Å². The topological polar surface area (TPSA) is 64.3 Å². The van der Waals surface area contributed by atoms with Gasteiger partial charge in [-0.1, -0.05) is 12.1 Å². The molecule has 1 heterocycles. The highest BCUT2D eigenvalue weighted by atomic mass is 16.5. The van der Waals surface area contributed by atoms with Gasteiger partial charge in [-0.05, 0) is 18.6 Å². The molecule has 1 aromatic carbocycles. The summed E-state index contributed by atoms with van der Waals surface area (Å²) in [4.78, 5) is 11.4. The summed E-state index contributed by atoms with van der Waals surface area (Å²) in [6.07, 6.45) is 0.491. The molecule has 0 fully saturated rings. The number of aliphatic hydroxyl groups excluding tert-OH is 1. The van der Waals surface area contributed by atoms with E-state index in [4.69, 9.17) is 4.74 Å². The first kappa shape index (κ1) is 11.6. The minimum Gasteiger partial charge on any atom is -0.464 e. The zero-order valence-electron chi connectivity index (χ0n) is 9.75. The molecule has 0 aliphatic heterocycles. The zero-order valence-corrected chi connectivity index (χ0v) is 9.75. The van der Waals surface area contributed by atoms with E-state index in [1.807, 2.05) is 13.1 Å². The molecule has 2 aromatic rings. The molecule has 0 aliphatic rings. The van der Waals surface area contributed by atoms with E-state index >= 15 is 0 Å². The molecule has 1 unspecified atom stereocenters. The average molecular weight is 234 g/mol. The van der Waals surface area contributed by atoms with Crippen molar-refractivity contribution in [2.45, 2.75) is 13.0 Å². The number of rotatable bonds is 3. The van der Waals surface area contributed by atoms with Crippen molar-refractivity contribution in [2.24, 2.45) is 7.05 Å². The quantitative estimate of drug-likeness (QED) is 0.810. The third kappa shape index (κ3) is 2.14. The molecule has 0 spiro atoms. The van der Waals surface area contributed by atoms with Crippen molar-refractivity contribution in [2.75, 3.05) is 6.61 Å². The molecule has 0 amide bonds. The predicted molar refractivity (Wildman–Crippen MR) is 62.3 cm³/mol. The number of hydrogen-bond donors (Lipinski definition) is 1. The number of aliphatic hydroxyl groups is 1. The maximum Gasteiger partial charge on any atom is 0.339 e. The van der Waals surface area contributed by atoms with E-state index in [2.05, 4.69) is 5.10 Å². The molecule has 0 saturated heterocycles. The number of fused-ring (bicyclic) bond motifs is 1. The minimum absolute atomic E-state index is 0.254. The Bertz CT molecular complexity index is 548. The lowest BCUT2D eigenvalue weighted by Gasteiger charge is -2.10. The summed E-state index contributed by atoms with van der Waals surface area (Å²) in [5, 5.41) is 14.9. The molecular weight excluding hydrogens is 220 g/mol. The first-order chi connectivity index (χ1) is 8.13. The van der Waals surface area contributed by atoms with Crippen molar-refractivity contribution >= 4 is 16.9 Å². The maximum absolute atomic E-state index is 11.4. The molecular formula is C12H14N2O3. The zero-order chi connectivity index (χ0) is 12.4. The van der Waals surface area contributed by atoms with Gasteiger partial charge in [-0.2, -0.15) is 5.10 Å². The van der Waals surface area contributed by atoms with Gasteiger partial charge in [-0.3, -0.25) is 4.68 Å². The number of aryl methyl sites for hydroxylation is 1. The second-order valence-electron chi connectivity index (χ2n) is 3.74. The smallest absolute Gasteiger partial charge is 0.339 e. The van der Waals surface area contributed by atoms with Gasteiger partial charge < -0.3 is 9.84 Å². The summed E-state index contributed by atoms with van der Waals surface area (Å²) in [5.74, 6) is -0.631. The first-order valence-corrected chi connectivity index (χ1v) is 5.40. The summed E-state index contributed by atoms with van der Waals surface area (Å²) in [5.41, 5.74) is 1.38. The Morgan fingerprint density at radius 2 is 2.35 bits per heavy atom. The highest BCUT2D eigenvalue weighted by Crippen LogP contribution is 2.20. The lowest BCUT2D eigenvalue weighted by molar-refractivity contribution is -0.153. The van der Waals surface area contributed by atoms with Crippen molar-refractivity contribution in [1.29, 1.82) is 0 Å². The summed E-state index contributed by atoms with van der Waals surface area (Å²) >= 11 is 0. The minimum atomic E-state index is -1.24. The normalized spacial score (nSPS) is 12.6. The van der Waals surface area contributed by atoms with Gasteiger partial charge in [-0.25, -0.2) is 4.79 Å². The van der Waals surface area contributed by atoms with E-state index in [0.29, 0.717) is 5.56 Å². The van der Waals surface area contributed by atoms with Crippen LogP contribution in [0.1, 0.15) is 18.6 Å². The van der Waals surface area contributed by atoms with Gasteiger partial charge in [-0.15, -0.1) is 0 Å². The standard InChI is InChI=1S/C12H14N2O3/c1-3-17-12(16)11(15)8-4-5-9-7-13-14(2)10(9)6-8/h4-7,11,15H,3H2,1-2H3. The van der Waals surface area contributed by atoms with Gasteiger partial charge in [0, 0.05) is 12.4 Å². The Hall–Kier alpha value is -1.88. The van der Waals surface area contributed by atoms with Gasteiger partial charge in [0.25, 0.3) is 0 Å². The number of carbonyl (C=O) groups excluding carboxylic acids is 1. The molecule has 1 N–H and O–H groups in total. The fraction of sp³-hybridized carbons (Fsp3) is 0.333. The lowest BCUT2D eigenvalue weighted by atomic mass is 10.1. The van der Waals surface area contributed by atoms with Crippen LogP contribution in [0.25, 0.3) is 10.9 Å². The summed E-state index contributed by atoms with van der Waals surface area (Å²) in [6, 6.07) is 5.26. The molecule has 0 bridgehead atoms. The van der Waals surface area contributed by atoms with Crippen molar-refractivity contribution in [1.82, 2.24) is 9.78 Å². The van der Waals surface area contributed by atoms with E-state index in [9.17, 15) is 9.90 Å². The SMILES string of the molecule is CCOC(=O)C(O)c1ccc2cnn(C)c2c1. The number of esters is 1. The maximum atomic E-state index is 11.4. The molecule has 0 radical (unpaired) electrons. The van der Waals surface area contributed by atoms with Gasteiger partial charge in [0.1, 0.15) is 0 Å². The lowest BCUT2D eigenvalue weighted by Crippen LogP contribution is -2.15. The van der Waals surface area contributed by atoms with E-state index in [-0.39, 0.29) is 6.61 Å². The van der Waals surface area contributed by atoms with E-state index in [1.165, 1.54) is 0 Å². The monoisotopic (exact) mass is 234 g/mol. The van der Waals surface area contributed by atoms with Crippen LogP contribution in [-0.2, 0) is 16.6 Å². The Morgan fingerprint density at radius 3 is 3.06 bits per heavy atom. The highest BCUT2D eigenvalue weighted by molar-refractivity contribution is 5.82. The van der Waals surface area contributed by atoms with Crippen LogP contribution < -0.4 is 0 Å². The van der Waals surface area contributed by atoms with Crippen LogP contribution in [0.2, 0.25) is 0 Å². The molecule has 17 heavy (non-hydrogen) atoms. The van der Waals surface area contributed by atoms with Crippen molar-refractivity contribution in [3.8, 4) is 0 Å². The molecule has 5 nitrogen and oxygen atoms in total. The van der Waals surface area contributed by atoms with E-state index < -0.39 is 12.1 Å². The molecule has 5 heteroatoms. The van der Waals surface area contributed by atoms with Crippen LogP contribution in [0.15, 0.2) is 24.4 Å². The predicted octanol–water partition coefficient (Wildman–Crippen LogP) is 1.17. The molecule has 1 aromatic heterocycles. The fourth-order valence-corrected chi connectivity index (χ4v) is 1.69.